The van der Waals surface area contributed by atoms with Crippen molar-refractivity contribution in [2.45, 2.75) is 63.7 Å². The molecule has 2 fully saturated rings. The third-order valence-electron chi connectivity index (χ3n) is 3.32. The standard InChI is InChI=1S/C16H24O4/c1-7-9-10-12-14(20-16(5,6)18-12)13-11(8-2)17-15(3,4)19-13/h7-14H,1-2H2,3-6H3/b10-9+/t11-,12+,13-,14-/m1/s1. The van der Waals surface area contributed by atoms with Crippen LogP contribution in [0, 0.1) is 0 Å². The van der Waals surface area contributed by atoms with Crippen molar-refractivity contribution in [1.82, 2.24) is 0 Å². The zero-order chi connectivity index (χ0) is 15.0. The van der Waals surface area contributed by atoms with Gasteiger partial charge in [-0.1, -0.05) is 30.9 Å². The van der Waals surface area contributed by atoms with Crippen LogP contribution in [0.5, 0.6) is 0 Å². The maximum atomic E-state index is 6.01. The van der Waals surface area contributed by atoms with E-state index in [0.29, 0.717) is 0 Å². The zero-order valence-electron chi connectivity index (χ0n) is 12.7. The van der Waals surface area contributed by atoms with Crippen LogP contribution in [0.1, 0.15) is 27.7 Å². The van der Waals surface area contributed by atoms with Gasteiger partial charge in [-0.3, -0.25) is 0 Å². The Morgan fingerprint density at radius 1 is 0.800 bits per heavy atom. The molecule has 0 bridgehead atoms. The van der Waals surface area contributed by atoms with E-state index in [-0.39, 0.29) is 24.4 Å². The summed E-state index contributed by atoms with van der Waals surface area (Å²) in [6.45, 7) is 15.1. The molecule has 4 heteroatoms. The Morgan fingerprint density at radius 2 is 1.30 bits per heavy atom. The average Bonchev–Trinajstić information content (AvgIpc) is 2.82. The quantitative estimate of drug-likeness (QED) is 0.586. The molecule has 0 saturated carbocycles. The lowest BCUT2D eigenvalue weighted by Gasteiger charge is -2.24. The van der Waals surface area contributed by atoms with Crippen molar-refractivity contribution in [3.05, 3.63) is 37.5 Å². The second kappa shape index (κ2) is 5.45. The van der Waals surface area contributed by atoms with Crippen molar-refractivity contribution in [3.8, 4) is 0 Å². The van der Waals surface area contributed by atoms with Crippen molar-refractivity contribution in [3.63, 3.8) is 0 Å². The Balaban J connectivity index is 2.22. The van der Waals surface area contributed by atoms with Gasteiger partial charge < -0.3 is 18.9 Å². The van der Waals surface area contributed by atoms with E-state index in [4.69, 9.17) is 18.9 Å². The second-order valence-electron chi connectivity index (χ2n) is 5.99. The van der Waals surface area contributed by atoms with Crippen molar-refractivity contribution in [2.75, 3.05) is 0 Å². The molecule has 2 aliphatic rings. The van der Waals surface area contributed by atoms with Crippen LogP contribution in [-0.2, 0) is 18.9 Å². The Labute approximate surface area is 121 Å². The normalized spacial score (nSPS) is 39.2. The lowest BCUT2D eigenvalue weighted by Crippen LogP contribution is -2.40. The average molecular weight is 280 g/mol. The predicted octanol–water partition coefficient (Wildman–Crippen LogP) is 2.95. The minimum Gasteiger partial charge on any atom is -0.341 e. The van der Waals surface area contributed by atoms with E-state index in [0.717, 1.165) is 0 Å². The fourth-order valence-electron chi connectivity index (χ4n) is 2.66. The maximum absolute atomic E-state index is 6.01. The van der Waals surface area contributed by atoms with E-state index >= 15 is 0 Å². The van der Waals surface area contributed by atoms with Crippen molar-refractivity contribution in [1.29, 1.82) is 0 Å². The first kappa shape index (κ1) is 15.4. The second-order valence-corrected chi connectivity index (χ2v) is 5.99. The van der Waals surface area contributed by atoms with Gasteiger partial charge in [-0.05, 0) is 27.7 Å². The lowest BCUT2D eigenvalue weighted by atomic mass is 10.0. The summed E-state index contributed by atoms with van der Waals surface area (Å²) >= 11 is 0. The molecule has 2 aliphatic heterocycles. The predicted molar refractivity (Wildman–Crippen MR) is 77.2 cm³/mol. The highest BCUT2D eigenvalue weighted by atomic mass is 16.8. The smallest absolute Gasteiger partial charge is 0.164 e. The topological polar surface area (TPSA) is 36.9 Å². The van der Waals surface area contributed by atoms with E-state index in [1.807, 2.05) is 39.8 Å². The van der Waals surface area contributed by atoms with Crippen LogP contribution >= 0.6 is 0 Å². The van der Waals surface area contributed by atoms with Gasteiger partial charge in [-0.2, -0.15) is 0 Å². The molecule has 0 aromatic rings. The molecule has 0 amide bonds. The maximum Gasteiger partial charge on any atom is 0.164 e. The monoisotopic (exact) mass is 280 g/mol. The Kier molecular flexibility index (Phi) is 4.21. The van der Waals surface area contributed by atoms with Crippen molar-refractivity contribution < 1.29 is 18.9 Å². The molecular weight excluding hydrogens is 256 g/mol. The molecule has 0 aromatic heterocycles. The van der Waals surface area contributed by atoms with Crippen molar-refractivity contribution in [2.24, 2.45) is 0 Å². The van der Waals surface area contributed by atoms with Crippen LogP contribution in [0.25, 0.3) is 0 Å². The van der Waals surface area contributed by atoms with Gasteiger partial charge in [0.25, 0.3) is 0 Å². The largest absolute Gasteiger partial charge is 0.341 e. The van der Waals surface area contributed by atoms with Crippen LogP contribution in [0.2, 0.25) is 0 Å². The molecular formula is C16H24O4. The van der Waals surface area contributed by atoms with E-state index in [1.165, 1.54) is 0 Å². The third kappa shape index (κ3) is 3.20. The third-order valence-corrected chi connectivity index (χ3v) is 3.32. The molecule has 0 spiro atoms. The minimum atomic E-state index is -0.650. The number of allylic oxidation sites excluding steroid dienone is 2. The van der Waals surface area contributed by atoms with E-state index in [9.17, 15) is 0 Å². The number of ether oxygens (including phenoxy) is 4. The van der Waals surface area contributed by atoms with Gasteiger partial charge in [0.1, 0.15) is 24.4 Å². The molecule has 2 heterocycles. The van der Waals surface area contributed by atoms with Crippen molar-refractivity contribution >= 4 is 0 Å². The van der Waals surface area contributed by atoms with Gasteiger partial charge in [-0.15, -0.1) is 6.58 Å². The molecule has 0 unspecified atom stereocenters. The summed E-state index contributed by atoms with van der Waals surface area (Å²) in [4.78, 5) is 0. The fourth-order valence-corrected chi connectivity index (χ4v) is 2.66. The Hall–Kier alpha value is -0.940. The molecule has 4 nitrogen and oxygen atoms in total. The molecule has 2 rings (SSSR count). The molecule has 20 heavy (non-hydrogen) atoms. The highest BCUT2D eigenvalue weighted by molar-refractivity contribution is 5.09. The van der Waals surface area contributed by atoms with Gasteiger partial charge in [0.05, 0.1) is 0 Å². The number of hydrogen-bond donors (Lipinski definition) is 0. The molecule has 0 aliphatic carbocycles. The Bertz CT molecular complexity index is 411. The van der Waals surface area contributed by atoms with Crippen LogP contribution in [-0.4, -0.2) is 36.0 Å². The summed E-state index contributed by atoms with van der Waals surface area (Å²) in [6.07, 6.45) is 6.34. The molecule has 0 N–H and O–H groups in total. The van der Waals surface area contributed by atoms with Crippen LogP contribution in [0.3, 0.4) is 0 Å². The summed E-state index contributed by atoms with van der Waals surface area (Å²) in [5.74, 6) is -1.30. The minimum absolute atomic E-state index is 0.201. The highest BCUT2D eigenvalue weighted by Crippen LogP contribution is 2.39. The summed E-state index contributed by atoms with van der Waals surface area (Å²) in [5, 5.41) is 0. The Morgan fingerprint density at radius 3 is 1.80 bits per heavy atom. The van der Waals surface area contributed by atoms with Gasteiger partial charge in [0.15, 0.2) is 11.6 Å². The number of rotatable bonds is 4. The SMILES string of the molecule is C=C/C=C/[C@@H]1OC(C)(C)O[C@H]1[C@@H]1OC(C)(C)O[C@@H]1C=C. The van der Waals surface area contributed by atoms with Gasteiger partial charge in [0.2, 0.25) is 0 Å². The molecule has 0 aromatic carbocycles. The van der Waals surface area contributed by atoms with Gasteiger partial charge in [0, 0.05) is 0 Å². The van der Waals surface area contributed by atoms with Gasteiger partial charge >= 0.3 is 0 Å². The molecule has 4 atom stereocenters. The van der Waals surface area contributed by atoms with Crippen LogP contribution < -0.4 is 0 Å². The van der Waals surface area contributed by atoms with Crippen LogP contribution in [0.15, 0.2) is 37.5 Å². The number of hydrogen-bond acceptors (Lipinski definition) is 4. The summed E-state index contributed by atoms with van der Waals surface area (Å²) < 4.78 is 23.7. The molecule has 0 radical (unpaired) electrons. The first-order chi connectivity index (χ1) is 9.28. The van der Waals surface area contributed by atoms with Crippen LogP contribution in [0.4, 0.5) is 0 Å². The zero-order valence-corrected chi connectivity index (χ0v) is 12.7. The first-order valence-electron chi connectivity index (χ1n) is 6.91. The van der Waals surface area contributed by atoms with E-state index in [2.05, 4.69) is 13.2 Å². The molecule has 112 valence electrons. The first-order valence-corrected chi connectivity index (χ1v) is 6.91. The summed E-state index contributed by atoms with van der Waals surface area (Å²) in [5.41, 5.74) is 0. The fraction of sp³-hybridized carbons (Fsp3) is 0.625. The lowest BCUT2D eigenvalue weighted by molar-refractivity contribution is -0.174. The summed E-state index contributed by atoms with van der Waals surface area (Å²) in [6, 6.07) is 0. The van der Waals surface area contributed by atoms with E-state index < -0.39 is 11.6 Å². The molecule has 2 saturated heterocycles. The van der Waals surface area contributed by atoms with Gasteiger partial charge in [-0.25, -0.2) is 0 Å². The highest BCUT2D eigenvalue weighted by Gasteiger charge is 2.52. The summed E-state index contributed by atoms with van der Waals surface area (Å²) in [7, 11) is 0. The van der Waals surface area contributed by atoms with E-state index in [1.54, 1.807) is 12.2 Å².